The minimum absolute atomic E-state index is 0.276. The Labute approximate surface area is 119 Å². The molecule has 0 aliphatic rings. The summed E-state index contributed by atoms with van der Waals surface area (Å²) in [7, 11) is 0. The van der Waals surface area contributed by atoms with Gasteiger partial charge in [0.05, 0.1) is 11.0 Å². The fourth-order valence-corrected chi connectivity index (χ4v) is 2.26. The summed E-state index contributed by atoms with van der Waals surface area (Å²) >= 11 is 0. The van der Waals surface area contributed by atoms with Crippen LogP contribution in [0.3, 0.4) is 0 Å². The molecule has 0 aliphatic carbocycles. The summed E-state index contributed by atoms with van der Waals surface area (Å²) in [6.45, 7) is 0. The van der Waals surface area contributed by atoms with E-state index < -0.39 is 0 Å². The molecule has 0 saturated heterocycles. The monoisotopic (exact) mass is 277 g/mol. The number of carbonyl (C=O) groups is 1. The average molecular weight is 277 g/mol. The van der Waals surface area contributed by atoms with Crippen LogP contribution in [-0.2, 0) is 0 Å². The lowest BCUT2D eigenvalue weighted by Gasteiger charge is -2.04. The molecule has 21 heavy (non-hydrogen) atoms. The van der Waals surface area contributed by atoms with Crippen molar-refractivity contribution >= 4 is 22.6 Å². The Morgan fingerprint density at radius 3 is 2.86 bits per heavy atom. The first kappa shape index (κ1) is 11.7. The van der Waals surface area contributed by atoms with Gasteiger partial charge in [-0.1, -0.05) is 18.2 Å². The maximum absolute atomic E-state index is 12.3. The van der Waals surface area contributed by atoms with E-state index in [1.54, 1.807) is 21.6 Å². The van der Waals surface area contributed by atoms with E-state index in [2.05, 4.69) is 15.4 Å². The summed E-state index contributed by atoms with van der Waals surface area (Å²) in [5.41, 5.74) is 5.55. The number of nitrogens with one attached hydrogen (secondary N) is 1. The molecule has 6 heteroatoms. The highest BCUT2D eigenvalue weighted by atomic mass is 16.2. The van der Waals surface area contributed by atoms with Crippen molar-refractivity contribution in [2.75, 3.05) is 5.43 Å². The van der Waals surface area contributed by atoms with E-state index >= 15 is 0 Å². The van der Waals surface area contributed by atoms with E-state index in [4.69, 9.17) is 0 Å². The number of imidazole rings is 2. The lowest BCUT2D eigenvalue weighted by atomic mass is 10.3. The smallest absolute Gasteiger partial charge is 0.290 e. The number of benzene rings is 1. The van der Waals surface area contributed by atoms with Gasteiger partial charge >= 0.3 is 0 Å². The standard InChI is InChI=1S/C15H11N5O/c21-15(12-9-19-8-4-3-7-14(19)17-12)18-20-10-16-11-5-1-2-6-13(11)20/h1-10H,(H,18,21). The highest BCUT2D eigenvalue weighted by Crippen LogP contribution is 2.11. The Bertz CT molecular complexity index is 920. The number of aromatic nitrogens is 4. The van der Waals surface area contributed by atoms with Crippen LogP contribution in [0.25, 0.3) is 16.7 Å². The van der Waals surface area contributed by atoms with Gasteiger partial charge in [-0.2, -0.15) is 0 Å². The van der Waals surface area contributed by atoms with Crippen LogP contribution in [-0.4, -0.2) is 25.0 Å². The van der Waals surface area contributed by atoms with Gasteiger partial charge in [0, 0.05) is 12.4 Å². The lowest BCUT2D eigenvalue weighted by molar-refractivity contribution is 0.100. The summed E-state index contributed by atoms with van der Waals surface area (Å²) in [4.78, 5) is 20.8. The van der Waals surface area contributed by atoms with Crippen LogP contribution in [0, 0.1) is 0 Å². The Hall–Kier alpha value is -3.15. The molecule has 6 nitrogen and oxygen atoms in total. The van der Waals surface area contributed by atoms with Gasteiger partial charge in [0.1, 0.15) is 17.7 Å². The molecule has 102 valence electrons. The van der Waals surface area contributed by atoms with Crippen molar-refractivity contribution in [1.29, 1.82) is 0 Å². The zero-order chi connectivity index (χ0) is 14.2. The molecule has 0 saturated carbocycles. The van der Waals surface area contributed by atoms with Crippen molar-refractivity contribution < 1.29 is 4.79 Å². The number of hydrogen-bond donors (Lipinski definition) is 1. The molecule has 0 radical (unpaired) electrons. The normalized spacial score (nSPS) is 11.0. The number of rotatable bonds is 2. The first-order valence-electron chi connectivity index (χ1n) is 6.48. The minimum atomic E-state index is -0.276. The number of nitrogens with zero attached hydrogens (tertiary/aromatic N) is 4. The quantitative estimate of drug-likeness (QED) is 0.610. The van der Waals surface area contributed by atoms with Crippen LogP contribution in [0.15, 0.2) is 61.2 Å². The van der Waals surface area contributed by atoms with Gasteiger partial charge in [0.15, 0.2) is 0 Å². The maximum atomic E-state index is 12.3. The van der Waals surface area contributed by atoms with Crippen molar-refractivity contribution in [3.8, 4) is 0 Å². The molecule has 0 bridgehead atoms. The van der Waals surface area contributed by atoms with Crippen molar-refractivity contribution in [3.63, 3.8) is 0 Å². The predicted octanol–water partition coefficient (Wildman–Crippen LogP) is 2.07. The van der Waals surface area contributed by atoms with Gasteiger partial charge in [-0.25, -0.2) is 14.6 Å². The maximum Gasteiger partial charge on any atom is 0.290 e. The number of pyridine rings is 1. The van der Waals surface area contributed by atoms with Gasteiger partial charge in [0.25, 0.3) is 5.91 Å². The van der Waals surface area contributed by atoms with Crippen LogP contribution in [0.1, 0.15) is 10.5 Å². The molecule has 4 aromatic rings. The predicted molar refractivity (Wildman–Crippen MR) is 78.6 cm³/mol. The van der Waals surface area contributed by atoms with E-state index in [1.165, 1.54) is 0 Å². The van der Waals surface area contributed by atoms with Gasteiger partial charge in [-0.05, 0) is 24.3 Å². The van der Waals surface area contributed by atoms with Crippen molar-refractivity contribution in [3.05, 3.63) is 66.9 Å². The largest absolute Gasteiger partial charge is 0.306 e. The van der Waals surface area contributed by atoms with Crippen LogP contribution in [0.4, 0.5) is 0 Å². The summed E-state index contributed by atoms with van der Waals surface area (Å²) < 4.78 is 3.41. The summed E-state index contributed by atoms with van der Waals surface area (Å²) in [5, 5.41) is 0. The van der Waals surface area contributed by atoms with E-state index in [-0.39, 0.29) is 5.91 Å². The zero-order valence-corrected chi connectivity index (χ0v) is 11.0. The third-order valence-corrected chi connectivity index (χ3v) is 3.27. The zero-order valence-electron chi connectivity index (χ0n) is 11.0. The Morgan fingerprint density at radius 1 is 1.10 bits per heavy atom. The number of hydrogen-bond acceptors (Lipinski definition) is 3. The molecule has 3 aromatic heterocycles. The van der Waals surface area contributed by atoms with Crippen molar-refractivity contribution in [2.45, 2.75) is 0 Å². The number of amides is 1. The molecule has 1 aromatic carbocycles. The molecule has 0 fully saturated rings. The minimum Gasteiger partial charge on any atom is -0.306 e. The number of para-hydroxylation sites is 2. The molecule has 0 spiro atoms. The van der Waals surface area contributed by atoms with Gasteiger partial charge < -0.3 is 4.40 Å². The average Bonchev–Trinajstić information content (AvgIpc) is 3.11. The fraction of sp³-hybridized carbons (Fsp3) is 0. The molecule has 0 aliphatic heterocycles. The Balaban J connectivity index is 1.69. The third kappa shape index (κ3) is 1.93. The molecule has 0 unspecified atom stereocenters. The van der Waals surface area contributed by atoms with Gasteiger partial charge in [0.2, 0.25) is 0 Å². The van der Waals surface area contributed by atoms with Crippen LogP contribution in [0.2, 0.25) is 0 Å². The van der Waals surface area contributed by atoms with E-state index in [0.29, 0.717) is 5.69 Å². The first-order valence-corrected chi connectivity index (χ1v) is 6.48. The van der Waals surface area contributed by atoms with E-state index in [1.807, 2.05) is 48.7 Å². The van der Waals surface area contributed by atoms with Crippen LogP contribution < -0.4 is 5.43 Å². The summed E-state index contributed by atoms with van der Waals surface area (Å²) in [5.74, 6) is -0.276. The van der Waals surface area contributed by atoms with Crippen molar-refractivity contribution in [2.24, 2.45) is 0 Å². The van der Waals surface area contributed by atoms with Crippen molar-refractivity contribution in [1.82, 2.24) is 19.0 Å². The molecule has 3 heterocycles. The summed E-state index contributed by atoms with van der Waals surface area (Å²) in [6.07, 6.45) is 5.13. The molecule has 1 amide bonds. The number of carbonyl (C=O) groups excluding carboxylic acids is 1. The fourth-order valence-electron chi connectivity index (χ4n) is 2.26. The molecular formula is C15H11N5O. The second kappa shape index (κ2) is 4.45. The van der Waals surface area contributed by atoms with Crippen LogP contribution >= 0.6 is 0 Å². The van der Waals surface area contributed by atoms with Gasteiger partial charge in [-0.3, -0.25) is 10.2 Å². The van der Waals surface area contributed by atoms with Gasteiger partial charge in [-0.15, -0.1) is 0 Å². The highest BCUT2D eigenvalue weighted by molar-refractivity contribution is 5.99. The van der Waals surface area contributed by atoms with Crippen LogP contribution in [0.5, 0.6) is 0 Å². The molecule has 1 N–H and O–H groups in total. The Kier molecular flexibility index (Phi) is 2.47. The topological polar surface area (TPSA) is 64.2 Å². The van der Waals surface area contributed by atoms with E-state index in [0.717, 1.165) is 16.7 Å². The first-order chi connectivity index (χ1) is 10.3. The molecule has 4 rings (SSSR count). The Morgan fingerprint density at radius 2 is 1.95 bits per heavy atom. The molecule has 0 atom stereocenters. The summed E-state index contributed by atoms with van der Waals surface area (Å²) in [6, 6.07) is 13.2. The third-order valence-electron chi connectivity index (χ3n) is 3.27. The number of fused-ring (bicyclic) bond motifs is 2. The second-order valence-electron chi connectivity index (χ2n) is 4.64. The SMILES string of the molecule is O=C(Nn1cnc2ccccc21)c1cn2ccccc2n1. The second-order valence-corrected chi connectivity index (χ2v) is 4.64. The van der Waals surface area contributed by atoms with E-state index in [9.17, 15) is 4.79 Å². The lowest BCUT2D eigenvalue weighted by Crippen LogP contribution is -2.22. The molecular weight excluding hydrogens is 266 g/mol. The highest BCUT2D eigenvalue weighted by Gasteiger charge is 2.12.